The Kier molecular flexibility index (Phi) is 21.9. The standard InChI is InChI=1S/C13H15BN4O4S.C13H14BN3O4S.C12H13BN4O4S2.C12H12BN3O5S2/c1-2-7-3-4-8-5-9(23-13-17-16-6-18(13)15)14(21)22-11(8)10(7)12(19)20;1-7-3-4-8-5-9(22-13-16-15-6-17(13)2)14(20)21-11(8)10(7)12(18)19;1-22-7-3-2-6-4-8(23-12-16-15-5-17(12)14)13(20)21-10(6)9(7)11(18)19;1-20-6-3-2-5-4-7(22-12-16-15-11(14)23-12)13(19)21-9(5)8(6)10(17)18/h3-4,6,9,21H,2,5,15H2,1H3,(H,19,20);3-4,6,9,20H,5H2,1-2H3,(H,18,19);2-3,5,8,20H,4,14H2,1H3,(H,18,19);2-3,7,19H,4H2,1H3,(H2,14,15)(H,17,18)/t2*9-;8-;7-/m0000/s1. The van der Waals surface area contributed by atoms with Gasteiger partial charge in [-0.2, -0.15) is 0 Å². The lowest BCUT2D eigenvalue weighted by molar-refractivity contribution is 0.0679. The minimum absolute atomic E-state index is 0.0829. The molecule has 0 aliphatic carbocycles. The van der Waals surface area contributed by atoms with Gasteiger partial charge in [0.1, 0.15) is 70.0 Å². The van der Waals surface area contributed by atoms with E-state index in [0.717, 1.165) is 16.7 Å². The van der Waals surface area contributed by atoms with Crippen LogP contribution in [0, 0.1) is 6.92 Å². The van der Waals surface area contributed by atoms with E-state index in [2.05, 4.69) is 40.8 Å². The number of fused-ring (bicyclic) bond motifs is 4. The van der Waals surface area contributed by atoms with Gasteiger partial charge in [0.2, 0.25) is 15.4 Å². The van der Waals surface area contributed by atoms with Gasteiger partial charge < -0.3 is 85.9 Å². The van der Waals surface area contributed by atoms with Crippen LogP contribution in [0.4, 0.5) is 5.13 Å². The van der Waals surface area contributed by atoms with Crippen molar-refractivity contribution >= 4 is 128 Å². The van der Waals surface area contributed by atoms with Crippen LogP contribution in [0.25, 0.3) is 0 Å². The van der Waals surface area contributed by atoms with Gasteiger partial charge in [-0.05, 0) is 90.8 Å². The van der Waals surface area contributed by atoms with Crippen molar-refractivity contribution in [1.29, 1.82) is 0 Å². The number of aryl methyl sites for hydroxylation is 3. The van der Waals surface area contributed by atoms with Gasteiger partial charge in [-0.15, -0.1) is 52.6 Å². The monoisotopic (exact) mass is 1360 g/mol. The fourth-order valence-corrected chi connectivity index (χ4v) is 15.1. The van der Waals surface area contributed by atoms with Gasteiger partial charge >= 0.3 is 52.4 Å². The molecule has 0 saturated heterocycles. The predicted molar refractivity (Wildman–Crippen MR) is 340 cm³/mol. The van der Waals surface area contributed by atoms with Gasteiger partial charge in [0.25, 0.3) is 0 Å². The number of carboxylic acid groups (broad SMARTS) is 4. The van der Waals surface area contributed by atoms with Gasteiger partial charge in [-0.1, -0.05) is 102 Å². The topological polar surface area (TPSA) is 472 Å². The summed E-state index contributed by atoms with van der Waals surface area (Å²) in [4.78, 5) is 46.5. The van der Waals surface area contributed by atoms with Crippen LogP contribution in [0.5, 0.6) is 28.7 Å². The lowest BCUT2D eigenvalue weighted by Crippen LogP contribution is -2.41. The number of benzene rings is 4. The summed E-state index contributed by atoms with van der Waals surface area (Å²) in [6.07, 6.45) is 8.46. The van der Waals surface area contributed by atoms with Crippen molar-refractivity contribution in [3.63, 3.8) is 0 Å². The number of carbonyl (C=O) groups is 4. The SMILES string of the molecule is CCc1ccc2c(c1C(=O)O)OB(O)[C@@H](Sc1nncn1N)C2.COc1ccc2c(c1C(=O)O)OB(O)[C@@H](Sc1nnc(N)s1)C2.CSc1ccc2c(c1C(=O)O)OB(O)[C@@H](Sc1nncn1N)C2.Cc1ccc2c(c1C(=O)O)OB(O)[C@@H](Sc1nncn1C)C2. The van der Waals surface area contributed by atoms with E-state index in [1.54, 1.807) is 54.4 Å². The molecule has 0 unspecified atom stereocenters. The molecule has 0 radical (unpaired) electrons. The Labute approximate surface area is 543 Å². The second-order valence-electron chi connectivity index (χ2n) is 19.8. The number of methoxy groups -OCH3 is 1. The normalized spacial score (nSPS) is 16.8. The third-order valence-corrected chi connectivity index (χ3v) is 20.5. The molecule has 4 aromatic heterocycles. The summed E-state index contributed by atoms with van der Waals surface area (Å²) < 4.78 is 31.9. The second kappa shape index (κ2) is 29.5. The minimum Gasteiger partial charge on any atom is -0.535 e. The first kappa shape index (κ1) is 67.4. The maximum absolute atomic E-state index is 11.5. The van der Waals surface area contributed by atoms with E-state index < -0.39 is 52.4 Å². The highest BCUT2D eigenvalue weighted by Gasteiger charge is 2.43. The number of carboxylic acids is 4. The fraction of sp³-hybridized carbons (Fsp3) is 0.280. The van der Waals surface area contributed by atoms with Crippen molar-refractivity contribution in [2.75, 3.05) is 30.8 Å². The van der Waals surface area contributed by atoms with E-state index in [0.29, 0.717) is 78.6 Å². The number of nitrogens with two attached hydrogens (primary N) is 3. The third kappa shape index (κ3) is 15.3. The number of hydrogen-bond donors (Lipinski definition) is 11. The summed E-state index contributed by atoms with van der Waals surface area (Å²) in [5.74, 6) is 8.03. The zero-order valence-corrected chi connectivity index (χ0v) is 53.3. The molecule has 41 heteroatoms. The van der Waals surface area contributed by atoms with Crippen LogP contribution in [0.3, 0.4) is 0 Å². The molecular formula is C50H54B4N14O17S6. The van der Waals surface area contributed by atoms with Crippen LogP contribution < -0.4 is 40.8 Å². The molecule has 474 valence electrons. The van der Waals surface area contributed by atoms with E-state index in [-0.39, 0.29) is 71.6 Å². The van der Waals surface area contributed by atoms with Crippen LogP contribution in [0.1, 0.15) is 81.7 Å². The molecule has 0 spiro atoms. The minimum atomic E-state index is -1.18. The molecule has 4 aliphatic heterocycles. The maximum atomic E-state index is 11.5. The highest BCUT2D eigenvalue weighted by molar-refractivity contribution is 8.03. The van der Waals surface area contributed by atoms with Crippen LogP contribution in [-0.2, 0) is 39.2 Å². The molecule has 4 aliphatic rings. The van der Waals surface area contributed by atoms with Crippen LogP contribution >= 0.6 is 70.1 Å². The average Bonchev–Trinajstić information content (AvgIpc) is 1.31. The third-order valence-electron chi connectivity index (χ3n) is 14.0. The molecule has 91 heavy (non-hydrogen) atoms. The van der Waals surface area contributed by atoms with Gasteiger partial charge in [0.15, 0.2) is 9.50 Å². The molecular weight excluding hydrogens is 1300 g/mol. The lowest BCUT2D eigenvalue weighted by atomic mass is 9.77. The van der Waals surface area contributed by atoms with Gasteiger partial charge in [0.05, 0.1) is 27.7 Å². The number of thioether (sulfide) groups is 5. The van der Waals surface area contributed by atoms with E-state index in [1.165, 1.54) is 99.3 Å². The number of anilines is 1. The number of rotatable bonds is 15. The number of aromatic carboxylic acids is 4. The number of aromatic nitrogens is 11. The van der Waals surface area contributed by atoms with Crippen molar-refractivity contribution in [3.8, 4) is 28.7 Å². The molecule has 8 aromatic rings. The smallest absolute Gasteiger partial charge is 0.535 e. The number of nitrogen functional groups attached to an aromatic ring is 3. The predicted octanol–water partition coefficient (Wildman–Crippen LogP) is 2.78. The van der Waals surface area contributed by atoms with E-state index >= 15 is 0 Å². The van der Waals surface area contributed by atoms with Crippen molar-refractivity contribution in [2.45, 2.75) is 91.3 Å². The fourth-order valence-electron chi connectivity index (χ4n) is 9.60. The Morgan fingerprint density at radius 2 is 1.00 bits per heavy atom. The molecule has 0 bridgehead atoms. The average molecular weight is 1360 g/mol. The highest BCUT2D eigenvalue weighted by atomic mass is 32.2. The summed E-state index contributed by atoms with van der Waals surface area (Å²) in [7, 11) is -1.41. The largest absolute Gasteiger partial charge is 0.537 e. The number of nitrogens with zero attached hydrogens (tertiary/aromatic N) is 11. The van der Waals surface area contributed by atoms with Crippen molar-refractivity contribution in [1.82, 2.24) is 54.7 Å². The summed E-state index contributed by atoms with van der Waals surface area (Å²) >= 11 is 7.65. The maximum Gasteiger partial charge on any atom is 0.537 e. The zero-order chi connectivity index (χ0) is 65.5. The molecule has 12 rings (SSSR count). The Morgan fingerprint density at radius 3 is 1.42 bits per heavy atom. The molecule has 14 N–H and O–H groups in total. The van der Waals surface area contributed by atoms with Crippen LogP contribution in [-0.4, -0.2) is 182 Å². The zero-order valence-electron chi connectivity index (χ0n) is 48.4. The summed E-state index contributed by atoms with van der Waals surface area (Å²) in [6, 6.07) is 14.1. The van der Waals surface area contributed by atoms with Gasteiger partial charge in [0, 0.05) is 11.9 Å². The van der Waals surface area contributed by atoms with E-state index in [1.807, 2.05) is 32.2 Å². The van der Waals surface area contributed by atoms with Gasteiger partial charge in [-0.3, -0.25) is 0 Å². The van der Waals surface area contributed by atoms with E-state index in [9.17, 15) is 59.7 Å². The Hall–Kier alpha value is -8.01. The lowest BCUT2D eigenvalue weighted by Gasteiger charge is -2.28. The van der Waals surface area contributed by atoms with Crippen LogP contribution in [0.15, 0.2) is 92.2 Å². The Balaban J connectivity index is 0.000000144. The molecule has 4 atom stereocenters. The summed E-state index contributed by atoms with van der Waals surface area (Å²) in [5.41, 5.74) is 9.97. The van der Waals surface area contributed by atoms with Crippen LogP contribution in [0.2, 0.25) is 0 Å². The van der Waals surface area contributed by atoms with Crippen molar-refractivity contribution in [2.24, 2.45) is 7.05 Å². The second-order valence-corrected chi connectivity index (χ2v) is 26.8. The quantitative estimate of drug-likeness (QED) is 0.0399. The molecule has 4 aromatic carbocycles. The Bertz CT molecular complexity index is 3880. The first-order valence-electron chi connectivity index (χ1n) is 26.9. The van der Waals surface area contributed by atoms with E-state index in [4.69, 9.17) is 40.8 Å². The molecule has 31 nitrogen and oxygen atoms in total. The highest BCUT2D eigenvalue weighted by Crippen LogP contribution is 2.43. The molecule has 0 fully saturated rings. The van der Waals surface area contributed by atoms with Crippen molar-refractivity contribution < 1.29 is 83.1 Å². The van der Waals surface area contributed by atoms with Gasteiger partial charge in [-0.25, -0.2) is 28.5 Å². The Morgan fingerprint density at radius 1 is 0.582 bits per heavy atom. The molecule has 0 amide bonds. The van der Waals surface area contributed by atoms with Crippen molar-refractivity contribution in [3.05, 3.63) is 123 Å². The molecule has 8 heterocycles. The summed E-state index contributed by atoms with van der Waals surface area (Å²) in [5, 5.41) is 109. The number of hydrogen-bond acceptors (Lipinski definition) is 30. The first-order valence-corrected chi connectivity index (χ1v) is 32.4. The molecule has 0 saturated carbocycles. The summed E-state index contributed by atoms with van der Waals surface area (Å²) in [6.45, 7) is 3.58. The number of ether oxygens (including phenoxy) is 1. The first-order chi connectivity index (χ1) is 43.5.